The summed E-state index contributed by atoms with van der Waals surface area (Å²) in [5, 5.41) is 3.37. The molecule has 2 heterocycles. The summed E-state index contributed by atoms with van der Waals surface area (Å²) < 4.78 is 11.5. The Balaban J connectivity index is 2.32. The molecule has 0 bridgehead atoms. The molecule has 0 spiro atoms. The van der Waals surface area contributed by atoms with E-state index in [0.717, 1.165) is 31.0 Å². The number of furan rings is 1. The third-order valence-electron chi connectivity index (χ3n) is 3.54. The lowest BCUT2D eigenvalue weighted by molar-refractivity contribution is -0.0108. The van der Waals surface area contributed by atoms with Crippen molar-refractivity contribution in [2.45, 2.75) is 45.3 Å². The maximum absolute atomic E-state index is 5.91. The average molecular weight is 223 g/mol. The van der Waals surface area contributed by atoms with Gasteiger partial charge in [-0.2, -0.15) is 0 Å². The summed E-state index contributed by atoms with van der Waals surface area (Å²) in [6, 6.07) is 2.33. The van der Waals surface area contributed by atoms with Crippen LogP contribution >= 0.6 is 0 Å². The molecular formula is C13H21NO2. The summed E-state index contributed by atoms with van der Waals surface area (Å²) in [6.45, 7) is 7.06. The predicted octanol–water partition coefficient (Wildman–Crippen LogP) is 2.73. The van der Waals surface area contributed by atoms with Crippen LogP contribution in [0.15, 0.2) is 10.5 Å². The van der Waals surface area contributed by atoms with Crippen molar-refractivity contribution < 1.29 is 9.15 Å². The van der Waals surface area contributed by atoms with Crippen LogP contribution in [-0.4, -0.2) is 19.3 Å². The molecule has 1 aromatic rings. The Kier molecular flexibility index (Phi) is 3.08. The van der Waals surface area contributed by atoms with E-state index in [1.54, 1.807) is 0 Å². The van der Waals surface area contributed by atoms with Crippen LogP contribution in [0.5, 0.6) is 0 Å². The number of rotatable bonds is 3. The van der Waals surface area contributed by atoms with E-state index in [9.17, 15) is 0 Å². The highest BCUT2D eigenvalue weighted by Gasteiger charge is 2.39. The van der Waals surface area contributed by atoms with Gasteiger partial charge in [0.1, 0.15) is 11.5 Å². The molecule has 2 atom stereocenters. The summed E-state index contributed by atoms with van der Waals surface area (Å²) >= 11 is 0. The Morgan fingerprint density at radius 2 is 2.19 bits per heavy atom. The summed E-state index contributed by atoms with van der Waals surface area (Å²) in [4.78, 5) is 0. The smallest absolute Gasteiger partial charge is 0.105 e. The van der Waals surface area contributed by atoms with E-state index in [4.69, 9.17) is 9.15 Å². The first-order valence-electron chi connectivity index (χ1n) is 5.95. The van der Waals surface area contributed by atoms with Crippen molar-refractivity contribution in [2.75, 3.05) is 13.7 Å². The molecule has 2 unspecified atom stereocenters. The fraction of sp³-hybridized carbons (Fsp3) is 0.692. The van der Waals surface area contributed by atoms with E-state index in [-0.39, 0.29) is 11.6 Å². The van der Waals surface area contributed by atoms with Gasteiger partial charge in [-0.15, -0.1) is 0 Å². The Morgan fingerprint density at radius 3 is 2.62 bits per heavy atom. The first-order valence-corrected chi connectivity index (χ1v) is 5.95. The summed E-state index contributed by atoms with van der Waals surface area (Å²) in [6.07, 6.45) is 2.24. The van der Waals surface area contributed by atoms with Crippen molar-refractivity contribution >= 4 is 0 Å². The first-order chi connectivity index (χ1) is 7.57. The molecule has 0 aliphatic carbocycles. The van der Waals surface area contributed by atoms with Crippen LogP contribution in [0.4, 0.5) is 0 Å². The maximum Gasteiger partial charge on any atom is 0.105 e. The van der Waals surface area contributed by atoms with Gasteiger partial charge >= 0.3 is 0 Å². The predicted molar refractivity (Wildman–Crippen MR) is 63.6 cm³/mol. The van der Waals surface area contributed by atoms with Gasteiger partial charge in [-0.05, 0) is 46.7 Å². The van der Waals surface area contributed by atoms with E-state index in [1.165, 1.54) is 5.56 Å². The number of aryl methyl sites for hydroxylation is 2. The van der Waals surface area contributed by atoms with Gasteiger partial charge in [-0.25, -0.2) is 0 Å². The zero-order valence-corrected chi connectivity index (χ0v) is 10.6. The number of nitrogens with one attached hydrogen (secondary N) is 1. The molecule has 1 aromatic heterocycles. The van der Waals surface area contributed by atoms with Gasteiger partial charge in [0.2, 0.25) is 0 Å². The second kappa shape index (κ2) is 4.22. The Hall–Kier alpha value is -0.800. The Labute approximate surface area is 97.2 Å². The van der Waals surface area contributed by atoms with Crippen molar-refractivity contribution in [1.29, 1.82) is 0 Å². The molecule has 90 valence electrons. The molecule has 0 amide bonds. The number of ether oxygens (including phenoxy) is 1. The van der Waals surface area contributed by atoms with Crippen LogP contribution in [0.2, 0.25) is 0 Å². The van der Waals surface area contributed by atoms with E-state index >= 15 is 0 Å². The maximum atomic E-state index is 5.91. The van der Waals surface area contributed by atoms with E-state index < -0.39 is 0 Å². The Morgan fingerprint density at radius 1 is 1.44 bits per heavy atom. The largest absolute Gasteiger partial charge is 0.466 e. The highest BCUT2D eigenvalue weighted by atomic mass is 16.5. The van der Waals surface area contributed by atoms with E-state index in [2.05, 4.69) is 18.3 Å². The lowest BCUT2D eigenvalue weighted by Crippen LogP contribution is -2.39. The topological polar surface area (TPSA) is 34.4 Å². The first kappa shape index (κ1) is 11.7. The molecule has 1 fully saturated rings. The average Bonchev–Trinajstić information content (AvgIpc) is 2.76. The van der Waals surface area contributed by atoms with Gasteiger partial charge in [0.25, 0.3) is 0 Å². The van der Waals surface area contributed by atoms with Crippen molar-refractivity contribution in [1.82, 2.24) is 5.32 Å². The molecule has 1 N–H and O–H groups in total. The normalized spacial score (nSPS) is 27.2. The molecule has 1 saturated heterocycles. The minimum absolute atomic E-state index is 0.101. The minimum atomic E-state index is -0.101. The van der Waals surface area contributed by atoms with Gasteiger partial charge in [-0.1, -0.05) is 0 Å². The molecule has 1 aliphatic rings. The lowest BCUT2D eigenvalue weighted by atomic mass is 9.88. The van der Waals surface area contributed by atoms with Crippen molar-refractivity contribution in [3.63, 3.8) is 0 Å². The highest BCUT2D eigenvalue weighted by Crippen LogP contribution is 2.38. The van der Waals surface area contributed by atoms with Crippen molar-refractivity contribution in [3.05, 3.63) is 23.2 Å². The number of hydrogen-bond acceptors (Lipinski definition) is 3. The molecular weight excluding hydrogens is 202 g/mol. The van der Waals surface area contributed by atoms with Crippen LogP contribution in [0.3, 0.4) is 0 Å². The SMILES string of the molecule is CNC(c1cc(C)oc1C)C1(C)CCCO1. The molecule has 3 heteroatoms. The van der Waals surface area contributed by atoms with Crippen LogP contribution in [0.25, 0.3) is 0 Å². The van der Waals surface area contributed by atoms with Crippen LogP contribution in [-0.2, 0) is 4.74 Å². The standard InChI is InChI=1S/C13H21NO2/c1-9-8-11(10(2)16-9)12(14-4)13(3)6-5-7-15-13/h8,12,14H,5-7H2,1-4H3. The van der Waals surface area contributed by atoms with E-state index in [1.807, 2.05) is 20.9 Å². The third-order valence-corrected chi connectivity index (χ3v) is 3.54. The van der Waals surface area contributed by atoms with Crippen molar-refractivity contribution in [2.24, 2.45) is 0 Å². The summed E-state index contributed by atoms with van der Waals surface area (Å²) in [5.41, 5.74) is 1.12. The van der Waals surface area contributed by atoms with Crippen LogP contribution < -0.4 is 5.32 Å². The van der Waals surface area contributed by atoms with Crippen LogP contribution in [0, 0.1) is 13.8 Å². The van der Waals surface area contributed by atoms with Gasteiger partial charge in [0, 0.05) is 12.2 Å². The highest BCUT2D eigenvalue weighted by molar-refractivity contribution is 5.27. The zero-order valence-electron chi connectivity index (χ0n) is 10.6. The minimum Gasteiger partial charge on any atom is -0.466 e. The lowest BCUT2D eigenvalue weighted by Gasteiger charge is -2.33. The quantitative estimate of drug-likeness (QED) is 0.855. The van der Waals surface area contributed by atoms with Crippen molar-refractivity contribution in [3.8, 4) is 0 Å². The fourth-order valence-electron chi connectivity index (χ4n) is 2.76. The second-order valence-electron chi connectivity index (χ2n) is 4.85. The molecule has 0 aromatic carbocycles. The number of hydrogen-bond donors (Lipinski definition) is 1. The van der Waals surface area contributed by atoms with Gasteiger partial charge < -0.3 is 14.5 Å². The second-order valence-corrected chi connectivity index (χ2v) is 4.85. The number of likely N-dealkylation sites (N-methyl/N-ethyl adjacent to an activating group) is 1. The molecule has 0 radical (unpaired) electrons. The molecule has 3 nitrogen and oxygen atoms in total. The molecule has 1 aliphatic heterocycles. The summed E-state index contributed by atoms with van der Waals surface area (Å²) in [7, 11) is 1.99. The van der Waals surface area contributed by atoms with Gasteiger partial charge in [0.15, 0.2) is 0 Å². The Bertz CT molecular complexity index is 364. The third kappa shape index (κ3) is 1.89. The van der Waals surface area contributed by atoms with E-state index in [0.29, 0.717) is 0 Å². The molecule has 2 rings (SSSR count). The molecule has 0 saturated carbocycles. The van der Waals surface area contributed by atoms with Gasteiger partial charge in [-0.3, -0.25) is 0 Å². The zero-order chi connectivity index (χ0) is 11.8. The monoisotopic (exact) mass is 223 g/mol. The summed E-state index contributed by atoms with van der Waals surface area (Å²) in [5.74, 6) is 1.96. The van der Waals surface area contributed by atoms with Gasteiger partial charge in [0.05, 0.1) is 11.6 Å². The fourth-order valence-corrected chi connectivity index (χ4v) is 2.76. The molecule has 16 heavy (non-hydrogen) atoms. The van der Waals surface area contributed by atoms with Crippen LogP contribution in [0.1, 0.15) is 42.9 Å².